The number of nitriles is 1. The lowest BCUT2D eigenvalue weighted by molar-refractivity contribution is -0.385. The van der Waals surface area contributed by atoms with E-state index in [1.54, 1.807) is 43.3 Å². The number of carbonyl (C=O) groups excluding carboxylic acids is 1. The molecule has 0 radical (unpaired) electrons. The van der Waals surface area contributed by atoms with Crippen LogP contribution in [0, 0.1) is 42.2 Å². The van der Waals surface area contributed by atoms with Gasteiger partial charge in [-0.3, -0.25) is 14.9 Å². The fraction of sp³-hybridized carbons (Fsp3) is 0.107. The first-order chi connectivity index (χ1) is 18.2. The van der Waals surface area contributed by atoms with Gasteiger partial charge in [-0.15, -0.1) is 0 Å². The van der Waals surface area contributed by atoms with Crippen LogP contribution < -0.4 is 10.1 Å². The van der Waals surface area contributed by atoms with Crippen LogP contribution in [-0.2, 0) is 4.79 Å². The number of halogens is 1. The number of carbonyl (C=O) groups is 1. The quantitative estimate of drug-likeness (QED) is 0.123. The lowest BCUT2D eigenvalue weighted by Gasteiger charge is -2.11. The number of amides is 1. The van der Waals surface area contributed by atoms with Gasteiger partial charge in [-0.1, -0.05) is 17.7 Å². The summed E-state index contributed by atoms with van der Waals surface area (Å²) in [5, 5.41) is 23.7. The van der Waals surface area contributed by atoms with E-state index < -0.39 is 10.8 Å². The number of hydrogen-bond acceptors (Lipinski definition) is 6. The number of benzene rings is 2. The zero-order valence-electron chi connectivity index (χ0n) is 20.7. The predicted molar refractivity (Wildman–Crippen MR) is 145 cm³/mol. The highest BCUT2D eigenvalue weighted by Gasteiger charge is 2.15. The molecule has 2 aromatic carbocycles. The maximum Gasteiger partial charge on any atom is 0.287 e. The van der Waals surface area contributed by atoms with Gasteiger partial charge in [0, 0.05) is 39.9 Å². The molecule has 2 heterocycles. The molecular formula is C28H22ClN5O4. The molecule has 4 rings (SSSR count). The molecule has 2 aromatic heterocycles. The van der Waals surface area contributed by atoms with Crippen LogP contribution in [0.5, 0.6) is 11.6 Å². The second-order valence-electron chi connectivity index (χ2n) is 8.41. The number of ether oxygens (including phenoxy) is 1. The third-order valence-electron chi connectivity index (χ3n) is 5.90. The first kappa shape index (κ1) is 26.1. The lowest BCUT2D eigenvalue weighted by atomic mass is 10.1. The SMILES string of the molecule is Cc1c(Cl)cccc1NC(=O)/C(C#N)=C\c1cc(C)n(-c2ccc(Oc3ccc([N+](=O)[O-])cn3)cc2)c1C. The minimum atomic E-state index is -0.525. The number of rotatable bonds is 7. The molecule has 1 amide bonds. The summed E-state index contributed by atoms with van der Waals surface area (Å²) in [6, 6.07) is 19.1. The maximum absolute atomic E-state index is 12.8. The van der Waals surface area contributed by atoms with E-state index in [9.17, 15) is 20.2 Å². The fourth-order valence-electron chi connectivity index (χ4n) is 3.89. The minimum absolute atomic E-state index is 0.0380. The number of aryl methyl sites for hydroxylation is 1. The van der Waals surface area contributed by atoms with E-state index in [1.807, 2.05) is 42.7 Å². The lowest BCUT2D eigenvalue weighted by Crippen LogP contribution is -2.14. The minimum Gasteiger partial charge on any atom is -0.439 e. The van der Waals surface area contributed by atoms with Crippen molar-refractivity contribution in [2.75, 3.05) is 5.32 Å². The van der Waals surface area contributed by atoms with Gasteiger partial charge in [-0.05, 0) is 80.4 Å². The van der Waals surface area contributed by atoms with Crippen LogP contribution in [0.15, 0.2) is 72.4 Å². The Kier molecular flexibility index (Phi) is 7.55. The second kappa shape index (κ2) is 11.0. The van der Waals surface area contributed by atoms with Crippen molar-refractivity contribution in [2.45, 2.75) is 20.8 Å². The van der Waals surface area contributed by atoms with Gasteiger partial charge in [-0.25, -0.2) is 4.98 Å². The van der Waals surface area contributed by atoms with Crippen molar-refractivity contribution >= 4 is 35.0 Å². The number of anilines is 1. The molecule has 0 aliphatic carbocycles. The molecular weight excluding hydrogens is 506 g/mol. The van der Waals surface area contributed by atoms with Crippen molar-refractivity contribution in [1.82, 2.24) is 9.55 Å². The van der Waals surface area contributed by atoms with E-state index in [-0.39, 0.29) is 17.1 Å². The monoisotopic (exact) mass is 527 g/mol. The molecule has 0 bridgehead atoms. The number of nitrogens with one attached hydrogen (secondary N) is 1. The van der Waals surface area contributed by atoms with E-state index in [2.05, 4.69) is 10.3 Å². The van der Waals surface area contributed by atoms with E-state index in [1.165, 1.54) is 12.1 Å². The molecule has 0 aliphatic heterocycles. The molecule has 0 aliphatic rings. The van der Waals surface area contributed by atoms with E-state index in [4.69, 9.17) is 16.3 Å². The van der Waals surface area contributed by atoms with Crippen molar-refractivity contribution < 1.29 is 14.5 Å². The molecule has 0 unspecified atom stereocenters. The molecule has 0 saturated heterocycles. The molecule has 190 valence electrons. The van der Waals surface area contributed by atoms with Gasteiger partial charge in [0.25, 0.3) is 11.6 Å². The normalized spacial score (nSPS) is 11.1. The average Bonchev–Trinajstić information content (AvgIpc) is 3.18. The first-order valence-corrected chi connectivity index (χ1v) is 11.8. The topological polar surface area (TPSA) is 123 Å². The third-order valence-corrected chi connectivity index (χ3v) is 6.31. The summed E-state index contributed by atoms with van der Waals surface area (Å²) in [6.45, 7) is 5.62. The van der Waals surface area contributed by atoms with Crippen molar-refractivity contribution in [1.29, 1.82) is 5.26 Å². The zero-order chi connectivity index (χ0) is 27.4. The Labute approximate surface area is 223 Å². The highest BCUT2D eigenvalue weighted by atomic mass is 35.5. The Bertz CT molecular complexity index is 1600. The number of nitrogens with zero attached hydrogens (tertiary/aromatic N) is 4. The van der Waals surface area contributed by atoms with Crippen molar-refractivity contribution in [3.8, 4) is 23.4 Å². The standard InChI is InChI=1S/C28H22ClN5O4/c1-17-13-20(14-21(15-30)28(35)32-26-6-4-5-25(29)18(26)2)19(3)33(17)22-7-10-24(11-8-22)38-27-12-9-23(16-31-27)34(36)37/h4-14,16H,1-3H3,(H,32,35)/b21-14-. The Morgan fingerprint density at radius 3 is 2.53 bits per heavy atom. The van der Waals surface area contributed by atoms with Crippen LogP contribution in [0.4, 0.5) is 11.4 Å². The van der Waals surface area contributed by atoms with Gasteiger partial charge < -0.3 is 14.6 Å². The van der Waals surface area contributed by atoms with Gasteiger partial charge in [0.2, 0.25) is 5.88 Å². The highest BCUT2D eigenvalue weighted by molar-refractivity contribution is 6.31. The smallest absolute Gasteiger partial charge is 0.287 e. The molecule has 0 atom stereocenters. The van der Waals surface area contributed by atoms with E-state index >= 15 is 0 Å². The number of aromatic nitrogens is 2. The first-order valence-electron chi connectivity index (χ1n) is 11.4. The predicted octanol–water partition coefficient (Wildman–Crippen LogP) is 6.70. The molecule has 0 fully saturated rings. The average molecular weight is 528 g/mol. The Hall–Kier alpha value is -4.94. The summed E-state index contributed by atoms with van der Waals surface area (Å²) < 4.78 is 7.68. The van der Waals surface area contributed by atoms with Crippen molar-refractivity contribution in [3.63, 3.8) is 0 Å². The van der Waals surface area contributed by atoms with Crippen LogP contribution in [0.1, 0.15) is 22.5 Å². The van der Waals surface area contributed by atoms with Gasteiger partial charge in [0.1, 0.15) is 23.6 Å². The summed E-state index contributed by atoms with van der Waals surface area (Å²) >= 11 is 6.14. The third kappa shape index (κ3) is 5.56. The van der Waals surface area contributed by atoms with Crippen molar-refractivity contribution in [2.24, 2.45) is 0 Å². The van der Waals surface area contributed by atoms with E-state index in [0.717, 1.165) is 34.4 Å². The molecule has 4 aromatic rings. The Morgan fingerprint density at radius 2 is 1.89 bits per heavy atom. The number of hydrogen-bond donors (Lipinski definition) is 1. The summed E-state index contributed by atoms with van der Waals surface area (Å²) in [4.78, 5) is 27.0. The Balaban J connectivity index is 1.55. The van der Waals surface area contributed by atoms with Gasteiger partial charge in [0.15, 0.2) is 0 Å². The second-order valence-corrected chi connectivity index (χ2v) is 8.81. The Morgan fingerprint density at radius 1 is 1.16 bits per heavy atom. The zero-order valence-corrected chi connectivity index (χ0v) is 21.5. The van der Waals surface area contributed by atoms with Crippen LogP contribution in [-0.4, -0.2) is 20.4 Å². The van der Waals surface area contributed by atoms with Gasteiger partial charge in [0.05, 0.1) is 4.92 Å². The molecule has 0 spiro atoms. The summed E-state index contributed by atoms with van der Waals surface area (Å²) in [7, 11) is 0. The molecule has 9 nitrogen and oxygen atoms in total. The maximum atomic E-state index is 12.8. The summed E-state index contributed by atoms with van der Waals surface area (Å²) in [6.07, 6.45) is 2.70. The van der Waals surface area contributed by atoms with Crippen LogP contribution in [0.25, 0.3) is 11.8 Å². The molecule has 1 N–H and O–H groups in total. The number of nitro groups is 1. The van der Waals surface area contributed by atoms with Gasteiger partial charge in [-0.2, -0.15) is 5.26 Å². The fourth-order valence-corrected chi connectivity index (χ4v) is 4.07. The summed E-state index contributed by atoms with van der Waals surface area (Å²) in [5.74, 6) is 0.223. The number of pyridine rings is 1. The highest BCUT2D eigenvalue weighted by Crippen LogP contribution is 2.27. The van der Waals surface area contributed by atoms with Crippen LogP contribution in [0.2, 0.25) is 5.02 Å². The largest absolute Gasteiger partial charge is 0.439 e. The van der Waals surface area contributed by atoms with Crippen molar-refractivity contribution in [3.05, 3.63) is 110 Å². The van der Waals surface area contributed by atoms with E-state index in [0.29, 0.717) is 16.5 Å². The molecule has 10 heteroatoms. The van der Waals surface area contributed by atoms with Crippen LogP contribution in [0.3, 0.4) is 0 Å². The van der Waals surface area contributed by atoms with Gasteiger partial charge >= 0.3 is 0 Å². The van der Waals surface area contributed by atoms with Crippen LogP contribution >= 0.6 is 11.6 Å². The molecule has 38 heavy (non-hydrogen) atoms. The molecule has 0 saturated carbocycles. The summed E-state index contributed by atoms with van der Waals surface area (Å²) in [5.41, 5.74) is 4.43.